The van der Waals surface area contributed by atoms with E-state index in [0.29, 0.717) is 11.8 Å². The zero-order valence-corrected chi connectivity index (χ0v) is 10.2. The lowest BCUT2D eigenvalue weighted by molar-refractivity contribution is 0.593. The molecule has 0 spiro atoms. The van der Waals surface area contributed by atoms with E-state index < -0.39 is 0 Å². The van der Waals surface area contributed by atoms with Crippen LogP contribution in [0.4, 0.5) is 0 Å². The van der Waals surface area contributed by atoms with E-state index in [0.717, 1.165) is 11.4 Å². The van der Waals surface area contributed by atoms with Gasteiger partial charge in [0.05, 0.1) is 0 Å². The Labute approximate surface area is 106 Å². The van der Waals surface area contributed by atoms with Crippen LogP contribution in [0.2, 0.25) is 5.02 Å². The van der Waals surface area contributed by atoms with Gasteiger partial charge in [-0.2, -0.15) is 0 Å². The van der Waals surface area contributed by atoms with Gasteiger partial charge in [0.2, 0.25) is 0 Å². The van der Waals surface area contributed by atoms with Crippen molar-refractivity contribution >= 4 is 11.6 Å². The molecule has 0 aromatic heterocycles. The second kappa shape index (κ2) is 3.36. The lowest BCUT2D eigenvalue weighted by Crippen LogP contribution is -2.09. The number of fused-ring (bicyclic) bond motifs is 7. The summed E-state index contributed by atoms with van der Waals surface area (Å²) >= 11 is 6.38. The summed E-state index contributed by atoms with van der Waals surface area (Å²) in [6.07, 6.45) is 2.40. The quantitative estimate of drug-likeness (QED) is 0.635. The third-order valence-corrected chi connectivity index (χ3v) is 4.62. The van der Waals surface area contributed by atoms with Crippen LogP contribution in [0.5, 0.6) is 0 Å². The molecule has 2 aromatic carbocycles. The highest BCUT2D eigenvalue weighted by atomic mass is 35.5. The summed E-state index contributed by atoms with van der Waals surface area (Å²) in [6, 6.07) is 15.2. The van der Waals surface area contributed by atoms with Gasteiger partial charge in [0, 0.05) is 10.9 Å². The fourth-order valence-corrected chi connectivity index (χ4v) is 3.96. The van der Waals surface area contributed by atoms with Gasteiger partial charge in [-0.25, -0.2) is 0 Å². The molecule has 0 fully saturated rings. The average molecular weight is 241 g/mol. The zero-order valence-electron chi connectivity index (χ0n) is 9.49. The molecule has 2 aliphatic carbocycles. The van der Waals surface area contributed by atoms with Gasteiger partial charge in [0.1, 0.15) is 0 Å². The molecule has 0 heterocycles. The summed E-state index contributed by atoms with van der Waals surface area (Å²) < 4.78 is 0. The standard InChI is InChI=1S/C16H13Cl/c17-15-7-3-6-13-14-9-11(16(13)15)8-10-4-1-2-5-12(10)14/h1-7,11,14H,8-9H2. The van der Waals surface area contributed by atoms with Crippen molar-refractivity contribution < 1.29 is 0 Å². The van der Waals surface area contributed by atoms with Gasteiger partial charge in [-0.15, -0.1) is 0 Å². The Hall–Kier alpha value is -1.27. The Morgan fingerprint density at radius 2 is 1.76 bits per heavy atom. The summed E-state index contributed by atoms with van der Waals surface area (Å²) in [7, 11) is 0. The first-order valence-corrected chi connectivity index (χ1v) is 6.58. The van der Waals surface area contributed by atoms with Crippen LogP contribution < -0.4 is 0 Å². The molecule has 0 N–H and O–H groups in total. The topological polar surface area (TPSA) is 0 Å². The molecular weight excluding hydrogens is 228 g/mol. The summed E-state index contributed by atoms with van der Waals surface area (Å²) in [4.78, 5) is 0. The van der Waals surface area contributed by atoms with Gasteiger partial charge < -0.3 is 0 Å². The highest BCUT2D eigenvalue weighted by Crippen LogP contribution is 2.53. The van der Waals surface area contributed by atoms with Crippen molar-refractivity contribution in [2.75, 3.05) is 0 Å². The molecule has 17 heavy (non-hydrogen) atoms. The summed E-state index contributed by atoms with van der Waals surface area (Å²) in [5.41, 5.74) is 5.91. The highest BCUT2D eigenvalue weighted by molar-refractivity contribution is 6.31. The van der Waals surface area contributed by atoms with Crippen molar-refractivity contribution in [1.29, 1.82) is 0 Å². The van der Waals surface area contributed by atoms with Gasteiger partial charge >= 0.3 is 0 Å². The van der Waals surface area contributed by atoms with Crippen molar-refractivity contribution in [3.05, 3.63) is 69.7 Å². The lowest BCUT2D eigenvalue weighted by atomic mass is 9.81. The van der Waals surface area contributed by atoms with E-state index in [9.17, 15) is 0 Å². The molecule has 0 aliphatic heterocycles. The second-order valence-corrected chi connectivity index (χ2v) is 5.54. The maximum atomic E-state index is 6.38. The van der Waals surface area contributed by atoms with E-state index in [1.807, 2.05) is 6.07 Å². The smallest absolute Gasteiger partial charge is 0.0443 e. The number of benzene rings is 2. The monoisotopic (exact) mass is 240 g/mol. The molecular formula is C16H13Cl. The van der Waals surface area contributed by atoms with Gasteiger partial charge in [-0.3, -0.25) is 0 Å². The fourth-order valence-electron chi connectivity index (χ4n) is 3.62. The maximum absolute atomic E-state index is 6.38. The average Bonchev–Trinajstić information content (AvgIpc) is 2.66. The number of halogens is 1. The van der Waals surface area contributed by atoms with Gasteiger partial charge in [0.15, 0.2) is 0 Å². The number of hydrogen-bond donors (Lipinski definition) is 0. The van der Waals surface area contributed by atoms with Crippen LogP contribution in [0.1, 0.15) is 40.5 Å². The first kappa shape index (κ1) is 9.73. The normalized spacial score (nSPS) is 24.3. The van der Waals surface area contributed by atoms with E-state index in [1.165, 1.54) is 28.7 Å². The van der Waals surface area contributed by atoms with Gasteiger partial charge in [0.25, 0.3) is 0 Å². The number of hydrogen-bond acceptors (Lipinski definition) is 0. The molecule has 0 nitrogen and oxygen atoms in total. The summed E-state index contributed by atoms with van der Waals surface area (Å²) in [5.74, 6) is 1.22. The number of rotatable bonds is 0. The van der Waals surface area contributed by atoms with E-state index >= 15 is 0 Å². The van der Waals surface area contributed by atoms with Crippen LogP contribution in [-0.2, 0) is 6.42 Å². The van der Waals surface area contributed by atoms with Crippen LogP contribution in [0, 0.1) is 0 Å². The van der Waals surface area contributed by atoms with Crippen molar-refractivity contribution in [3.63, 3.8) is 0 Å². The Balaban J connectivity index is 1.99. The minimum Gasteiger partial charge on any atom is -0.0840 e. The molecule has 2 aromatic rings. The molecule has 0 amide bonds. The molecule has 0 saturated carbocycles. The van der Waals surface area contributed by atoms with E-state index in [4.69, 9.17) is 11.6 Å². The van der Waals surface area contributed by atoms with Gasteiger partial charge in [-0.05, 0) is 47.1 Å². The van der Waals surface area contributed by atoms with Crippen LogP contribution in [0.25, 0.3) is 0 Å². The SMILES string of the molecule is Clc1cccc2c1C1Cc3ccccc3C2C1. The fraction of sp³-hybridized carbons (Fsp3) is 0.250. The first-order chi connectivity index (χ1) is 8.34. The Kier molecular flexibility index (Phi) is 1.93. The molecule has 2 aliphatic rings. The molecule has 4 rings (SSSR count). The van der Waals surface area contributed by atoms with E-state index in [1.54, 1.807) is 0 Å². The van der Waals surface area contributed by atoms with Crippen molar-refractivity contribution in [2.24, 2.45) is 0 Å². The van der Waals surface area contributed by atoms with Crippen molar-refractivity contribution in [3.8, 4) is 0 Å². The van der Waals surface area contributed by atoms with Crippen LogP contribution >= 0.6 is 11.6 Å². The third-order valence-electron chi connectivity index (χ3n) is 4.29. The molecule has 2 bridgehead atoms. The predicted octanol–water partition coefficient (Wildman–Crippen LogP) is 4.52. The van der Waals surface area contributed by atoms with E-state index in [2.05, 4.69) is 36.4 Å². The first-order valence-electron chi connectivity index (χ1n) is 6.20. The predicted molar refractivity (Wildman–Crippen MR) is 70.8 cm³/mol. The molecule has 2 atom stereocenters. The largest absolute Gasteiger partial charge is 0.0840 e. The van der Waals surface area contributed by atoms with Crippen LogP contribution in [0.15, 0.2) is 42.5 Å². The minimum atomic E-state index is 0.582. The Morgan fingerprint density at radius 1 is 0.941 bits per heavy atom. The molecule has 2 unspecified atom stereocenters. The van der Waals surface area contributed by atoms with Crippen LogP contribution in [0.3, 0.4) is 0 Å². The van der Waals surface area contributed by atoms with Crippen LogP contribution in [-0.4, -0.2) is 0 Å². The molecule has 0 radical (unpaired) electrons. The zero-order chi connectivity index (χ0) is 11.4. The Morgan fingerprint density at radius 3 is 2.71 bits per heavy atom. The van der Waals surface area contributed by atoms with E-state index in [-0.39, 0.29) is 0 Å². The van der Waals surface area contributed by atoms with Crippen molar-refractivity contribution in [1.82, 2.24) is 0 Å². The third kappa shape index (κ3) is 1.25. The van der Waals surface area contributed by atoms with Gasteiger partial charge in [-0.1, -0.05) is 48.0 Å². The summed E-state index contributed by atoms with van der Waals surface area (Å²) in [6.45, 7) is 0. The lowest BCUT2D eigenvalue weighted by Gasteiger charge is -2.23. The summed E-state index contributed by atoms with van der Waals surface area (Å²) in [5, 5.41) is 0.961. The van der Waals surface area contributed by atoms with Crippen molar-refractivity contribution in [2.45, 2.75) is 24.7 Å². The second-order valence-electron chi connectivity index (χ2n) is 5.13. The highest BCUT2D eigenvalue weighted by Gasteiger charge is 2.38. The minimum absolute atomic E-state index is 0.582. The molecule has 0 saturated heterocycles. The maximum Gasteiger partial charge on any atom is 0.0443 e. The molecule has 1 heteroatoms. The Bertz CT molecular complexity index is 600. The molecule has 84 valence electrons.